The van der Waals surface area contributed by atoms with E-state index in [2.05, 4.69) is 4.98 Å². The van der Waals surface area contributed by atoms with Gasteiger partial charge in [-0.25, -0.2) is 4.98 Å². The Labute approximate surface area is 105 Å². The van der Waals surface area contributed by atoms with Gasteiger partial charge in [0.25, 0.3) is 5.91 Å². The molecular formula is C11H14Cl2N2O. The van der Waals surface area contributed by atoms with Crippen LogP contribution in [0.15, 0.2) is 12.1 Å². The molecule has 1 unspecified atom stereocenters. The van der Waals surface area contributed by atoms with Crippen molar-refractivity contribution in [1.82, 2.24) is 9.88 Å². The van der Waals surface area contributed by atoms with Crippen molar-refractivity contribution in [3.05, 3.63) is 28.0 Å². The van der Waals surface area contributed by atoms with E-state index in [9.17, 15) is 4.79 Å². The summed E-state index contributed by atoms with van der Waals surface area (Å²) in [5, 5.41) is 0.460. The van der Waals surface area contributed by atoms with Gasteiger partial charge in [-0.3, -0.25) is 4.79 Å². The van der Waals surface area contributed by atoms with Crippen LogP contribution in [0.1, 0.15) is 30.6 Å². The quantitative estimate of drug-likeness (QED) is 0.782. The standard InChI is InChI=1S/C11H14Cl2N2O/c1-4-7(2)15(3)11(16)8-5-9(12)14-10(13)6-8/h5-7H,4H2,1-3H3. The van der Waals surface area contributed by atoms with Crippen LogP contribution in [0.5, 0.6) is 0 Å². The highest BCUT2D eigenvalue weighted by Gasteiger charge is 2.17. The summed E-state index contributed by atoms with van der Waals surface area (Å²) in [5.74, 6) is -0.0967. The number of rotatable bonds is 3. The average Bonchev–Trinajstić information content (AvgIpc) is 2.24. The lowest BCUT2D eigenvalue weighted by atomic mass is 10.2. The molecule has 0 aliphatic heterocycles. The summed E-state index contributed by atoms with van der Waals surface area (Å²) in [6.07, 6.45) is 0.898. The fourth-order valence-corrected chi connectivity index (χ4v) is 1.73. The molecule has 16 heavy (non-hydrogen) atoms. The highest BCUT2D eigenvalue weighted by molar-refractivity contribution is 6.33. The minimum absolute atomic E-state index is 0.0967. The van der Waals surface area contributed by atoms with E-state index in [1.54, 1.807) is 11.9 Å². The highest BCUT2D eigenvalue weighted by Crippen LogP contribution is 2.17. The van der Waals surface area contributed by atoms with Crippen molar-refractivity contribution in [2.24, 2.45) is 0 Å². The van der Waals surface area contributed by atoms with Gasteiger partial charge in [0.05, 0.1) is 0 Å². The van der Waals surface area contributed by atoms with Crippen molar-refractivity contribution in [3.63, 3.8) is 0 Å². The van der Waals surface area contributed by atoms with Gasteiger partial charge in [-0.2, -0.15) is 0 Å². The van der Waals surface area contributed by atoms with E-state index in [4.69, 9.17) is 23.2 Å². The molecule has 0 spiro atoms. The summed E-state index contributed by atoms with van der Waals surface area (Å²) >= 11 is 11.5. The molecular weight excluding hydrogens is 247 g/mol. The zero-order valence-corrected chi connectivity index (χ0v) is 11.0. The molecule has 1 atom stereocenters. The molecule has 1 amide bonds. The highest BCUT2D eigenvalue weighted by atomic mass is 35.5. The average molecular weight is 261 g/mol. The van der Waals surface area contributed by atoms with E-state index in [-0.39, 0.29) is 22.3 Å². The Morgan fingerprint density at radius 1 is 1.44 bits per heavy atom. The predicted octanol–water partition coefficient (Wildman–Crippen LogP) is 3.26. The second kappa shape index (κ2) is 5.51. The van der Waals surface area contributed by atoms with Gasteiger partial charge in [-0.1, -0.05) is 30.1 Å². The number of amides is 1. The van der Waals surface area contributed by atoms with Crippen molar-refractivity contribution < 1.29 is 4.79 Å². The molecule has 3 nitrogen and oxygen atoms in total. The minimum atomic E-state index is -0.0967. The lowest BCUT2D eigenvalue weighted by Crippen LogP contribution is -2.34. The summed E-state index contributed by atoms with van der Waals surface area (Å²) in [6, 6.07) is 3.22. The number of aromatic nitrogens is 1. The number of carbonyl (C=O) groups is 1. The zero-order chi connectivity index (χ0) is 12.3. The van der Waals surface area contributed by atoms with E-state index < -0.39 is 0 Å². The van der Waals surface area contributed by atoms with Crippen LogP contribution in [0.25, 0.3) is 0 Å². The molecule has 0 bridgehead atoms. The van der Waals surface area contributed by atoms with Crippen LogP contribution in [0.3, 0.4) is 0 Å². The number of hydrogen-bond donors (Lipinski definition) is 0. The number of hydrogen-bond acceptors (Lipinski definition) is 2. The van der Waals surface area contributed by atoms with E-state index in [1.807, 2.05) is 13.8 Å². The second-order valence-corrected chi connectivity index (χ2v) is 4.45. The summed E-state index contributed by atoms with van der Waals surface area (Å²) in [4.78, 5) is 17.5. The third kappa shape index (κ3) is 3.09. The van der Waals surface area contributed by atoms with E-state index in [0.29, 0.717) is 5.56 Å². The fourth-order valence-electron chi connectivity index (χ4n) is 1.27. The van der Waals surface area contributed by atoms with E-state index >= 15 is 0 Å². The maximum atomic E-state index is 12.0. The van der Waals surface area contributed by atoms with Crippen molar-refractivity contribution >= 4 is 29.1 Å². The molecule has 0 N–H and O–H groups in total. The Morgan fingerprint density at radius 3 is 2.38 bits per heavy atom. The zero-order valence-electron chi connectivity index (χ0n) is 9.50. The van der Waals surface area contributed by atoms with E-state index in [1.165, 1.54) is 12.1 Å². The lowest BCUT2D eigenvalue weighted by molar-refractivity contribution is 0.0740. The Bertz CT molecular complexity index is 375. The van der Waals surface area contributed by atoms with Crippen LogP contribution in [-0.4, -0.2) is 28.9 Å². The van der Waals surface area contributed by atoms with Crippen molar-refractivity contribution in [1.29, 1.82) is 0 Å². The molecule has 0 aliphatic carbocycles. The molecule has 0 saturated carbocycles. The molecule has 0 aromatic carbocycles. The van der Waals surface area contributed by atoms with Crippen molar-refractivity contribution in [2.45, 2.75) is 26.3 Å². The smallest absolute Gasteiger partial charge is 0.254 e. The van der Waals surface area contributed by atoms with Crippen LogP contribution in [0.2, 0.25) is 10.3 Å². The van der Waals surface area contributed by atoms with Crippen LogP contribution in [0.4, 0.5) is 0 Å². The third-order valence-corrected chi connectivity index (χ3v) is 2.97. The second-order valence-electron chi connectivity index (χ2n) is 3.67. The molecule has 5 heteroatoms. The first-order chi connectivity index (χ1) is 7.45. The third-order valence-electron chi connectivity index (χ3n) is 2.58. The number of pyridine rings is 1. The van der Waals surface area contributed by atoms with Crippen molar-refractivity contribution in [2.75, 3.05) is 7.05 Å². The first kappa shape index (κ1) is 13.3. The van der Waals surface area contributed by atoms with Gasteiger partial charge in [0.15, 0.2) is 0 Å². The van der Waals surface area contributed by atoms with Gasteiger partial charge in [0.1, 0.15) is 10.3 Å². The molecule has 0 aliphatic rings. The molecule has 1 rings (SSSR count). The van der Waals surface area contributed by atoms with E-state index in [0.717, 1.165) is 6.42 Å². The first-order valence-electron chi connectivity index (χ1n) is 5.06. The minimum Gasteiger partial charge on any atom is -0.339 e. The topological polar surface area (TPSA) is 33.2 Å². The summed E-state index contributed by atoms with van der Waals surface area (Å²) in [7, 11) is 1.76. The fraction of sp³-hybridized carbons (Fsp3) is 0.455. The van der Waals surface area contributed by atoms with Gasteiger partial charge < -0.3 is 4.90 Å². The molecule has 1 aromatic heterocycles. The molecule has 0 radical (unpaired) electrons. The number of carbonyl (C=O) groups excluding carboxylic acids is 1. The van der Waals surface area contributed by atoms with Crippen LogP contribution >= 0.6 is 23.2 Å². The summed E-state index contributed by atoms with van der Waals surface area (Å²) < 4.78 is 0. The molecule has 88 valence electrons. The maximum absolute atomic E-state index is 12.0. The van der Waals surface area contributed by atoms with Gasteiger partial charge in [0, 0.05) is 18.7 Å². The molecule has 1 heterocycles. The Hall–Kier alpha value is -0.800. The number of halogens is 2. The largest absolute Gasteiger partial charge is 0.339 e. The maximum Gasteiger partial charge on any atom is 0.254 e. The normalized spacial score (nSPS) is 12.3. The monoisotopic (exact) mass is 260 g/mol. The molecule has 1 aromatic rings. The van der Waals surface area contributed by atoms with Gasteiger partial charge in [0.2, 0.25) is 0 Å². The molecule has 0 fully saturated rings. The van der Waals surface area contributed by atoms with Gasteiger partial charge >= 0.3 is 0 Å². The first-order valence-corrected chi connectivity index (χ1v) is 5.81. The van der Waals surface area contributed by atoms with Crippen LogP contribution in [-0.2, 0) is 0 Å². The van der Waals surface area contributed by atoms with Crippen molar-refractivity contribution in [3.8, 4) is 0 Å². The Morgan fingerprint density at radius 2 is 1.94 bits per heavy atom. The van der Waals surface area contributed by atoms with Gasteiger partial charge in [-0.05, 0) is 25.5 Å². The SMILES string of the molecule is CCC(C)N(C)C(=O)c1cc(Cl)nc(Cl)c1. The summed E-state index contributed by atoms with van der Waals surface area (Å²) in [6.45, 7) is 4.02. The van der Waals surface area contributed by atoms with Crippen LogP contribution < -0.4 is 0 Å². The Balaban J connectivity index is 2.96. The van der Waals surface area contributed by atoms with Crippen LogP contribution in [0, 0.1) is 0 Å². The number of nitrogens with zero attached hydrogens (tertiary/aromatic N) is 2. The Kier molecular flexibility index (Phi) is 4.56. The summed E-state index contributed by atoms with van der Waals surface area (Å²) in [5.41, 5.74) is 0.466. The lowest BCUT2D eigenvalue weighted by Gasteiger charge is -2.23. The predicted molar refractivity (Wildman–Crippen MR) is 66.1 cm³/mol. The van der Waals surface area contributed by atoms with Gasteiger partial charge in [-0.15, -0.1) is 0 Å². The molecule has 0 saturated heterocycles.